The van der Waals surface area contributed by atoms with Crippen LogP contribution in [0.1, 0.15) is 32.3 Å². The van der Waals surface area contributed by atoms with E-state index in [2.05, 4.69) is 51.6 Å². The van der Waals surface area contributed by atoms with E-state index in [1.165, 1.54) is 11.3 Å². The predicted octanol–water partition coefficient (Wildman–Crippen LogP) is 1.54. The van der Waals surface area contributed by atoms with Gasteiger partial charge in [0.1, 0.15) is 0 Å². The van der Waals surface area contributed by atoms with Crippen molar-refractivity contribution in [3.63, 3.8) is 0 Å². The number of aliphatic carboxylic acids is 1. The molecule has 3 N–H and O–H groups in total. The average molecular weight is 391 g/mol. The molecule has 0 bridgehead atoms. The lowest BCUT2D eigenvalue weighted by Gasteiger charge is -2.30. The van der Waals surface area contributed by atoms with E-state index in [0.717, 1.165) is 65.6 Å². The van der Waals surface area contributed by atoms with Crippen molar-refractivity contribution in [1.82, 2.24) is 15.5 Å². The number of carboxylic acids is 1. The van der Waals surface area contributed by atoms with E-state index < -0.39 is 5.97 Å². The SMILES string of the molecule is CC(=O)O.CCN1CCC(C(=O)NCc2ccc(N3CCNCC3)cc2)CC1. The molecular weight excluding hydrogens is 356 g/mol. The van der Waals surface area contributed by atoms with Crippen LogP contribution in [0.15, 0.2) is 24.3 Å². The summed E-state index contributed by atoms with van der Waals surface area (Å²) in [5.74, 6) is -0.426. The van der Waals surface area contributed by atoms with Crippen molar-refractivity contribution in [3.05, 3.63) is 29.8 Å². The van der Waals surface area contributed by atoms with Crippen molar-refractivity contribution in [2.24, 2.45) is 5.92 Å². The Morgan fingerprint density at radius 3 is 2.21 bits per heavy atom. The predicted molar refractivity (Wildman–Crippen MR) is 112 cm³/mol. The molecule has 1 amide bonds. The first kappa shape index (κ1) is 22.2. The summed E-state index contributed by atoms with van der Waals surface area (Å²) in [5, 5.41) is 13.9. The van der Waals surface area contributed by atoms with Gasteiger partial charge in [-0.2, -0.15) is 0 Å². The number of hydrogen-bond acceptors (Lipinski definition) is 5. The van der Waals surface area contributed by atoms with Gasteiger partial charge in [-0.15, -0.1) is 0 Å². The lowest BCUT2D eigenvalue weighted by atomic mass is 9.96. The van der Waals surface area contributed by atoms with Gasteiger partial charge in [0.05, 0.1) is 0 Å². The van der Waals surface area contributed by atoms with Crippen LogP contribution in [-0.4, -0.2) is 67.7 Å². The standard InChI is InChI=1S/C19H30N4O.C2H4O2/c1-2-22-11-7-17(8-12-22)19(24)21-15-16-3-5-18(6-4-16)23-13-9-20-10-14-23;1-2(3)4/h3-6,17,20H,2,7-15H2,1H3,(H,21,24);1H3,(H,3,4). The van der Waals surface area contributed by atoms with E-state index in [0.29, 0.717) is 6.54 Å². The molecule has 2 saturated heterocycles. The van der Waals surface area contributed by atoms with Gasteiger partial charge in [0.2, 0.25) is 5.91 Å². The maximum atomic E-state index is 12.3. The third kappa shape index (κ3) is 7.48. The zero-order chi connectivity index (χ0) is 20.4. The number of carboxylic acid groups (broad SMARTS) is 1. The number of amides is 1. The first-order valence-corrected chi connectivity index (χ1v) is 10.2. The number of piperazine rings is 1. The molecule has 0 aromatic heterocycles. The molecule has 0 saturated carbocycles. The molecule has 1 aromatic rings. The molecule has 3 rings (SSSR count). The van der Waals surface area contributed by atoms with Crippen LogP contribution in [0.3, 0.4) is 0 Å². The van der Waals surface area contributed by atoms with Gasteiger partial charge in [-0.25, -0.2) is 0 Å². The second kappa shape index (κ2) is 11.7. The van der Waals surface area contributed by atoms with Gasteiger partial charge in [-0.1, -0.05) is 19.1 Å². The van der Waals surface area contributed by atoms with Crippen LogP contribution in [0.5, 0.6) is 0 Å². The lowest BCUT2D eigenvalue weighted by Crippen LogP contribution is -2.43. The van der Waals surface area contributed by atoms with Gasteiger partial charge in [0.25, 0.3) is 5.97 Å². The topological polar surface area (TPSA) is 84.9 Å². The molecule has 2 aliphatic rings. The van der Waals surface area contributed by atoms with E-state index in [9.17, 15) is 4.79 Å². The van der Waals surface area contributed by atoms with Crippen LogP contribution in [0, 0.1) is 5.92 Å². The minimum Gasteiger partial charge on any atom is -0.481 e. The van der Waals surface area contributed by atoms with E-state index in [-0.39, 0.29) is 11.8 Å². The molecule has 2 heterocycles. The van der Waals surface area contributed by atoms with Crippen LogP contribution in [0.2, 0.25) is 0 Å². The minimum atomic E-state index is -0.833. The smallest absolute Gasteiger partial charge is 0.300 e. The fourth-order valence-corrected chi connectivity index (χ4v) is 3.59. The maximum Gasteiger partial charge on any atom is 0.300 e. The number of rotatable bonds is 5. The van der Waals surface area contributed by atoms with Gasteiger partial charge >= 0.3 is 0 Å². The quantitative estimate of drug-likeness (QED) is 0.707. The summed E-state index contributed by atoms with van der Waals surface area (Å²) in [6, 6.07) is 8.62. The van der Waals surface area contributed by atoms with E-state index in [4.69, 9.17) is 9.90 Å². The Kier molecular flexibility index (Phi) is 9.23. The number of anilines is 1. The summed E-state index contributed by atoms with van der Waals surface area (Å²) >= 11 is 0. The molecule has 28 heavy (non-hydrogen) atoms. The molecule has 0 radical (unpaired) electrons. The zero-order valence-corrected chi connectivity index (χ0v) is 17.1. The van der Waals surface area contributed by atoms with Gasteiger partial charge in [0.15, 0.2) is 0 Å². The summed E-state index contributed by atoms with van der Waals surface area (Å²) in [4.78, 5) is 26.2. The number of piperidine rings is 1. The molecule has 0 atom stereocenters. The second-order valence-electron chi connectivity index (χ2n) is 7.35. The molecule has 7 heteroatoms. The highest BCUT2D eigenvalue weighted by Gasteiger charge is 2.23. The van der Waals surface area contributed by atoms with Crippen LogP contribution < -0.4 is 15.5 Å². The Balaban J connectivity index is 0.000000640. The molecule has 0 spiro atoms. The Morgan fingerprint density at radius 2 is 1.68 bits per heavy atom. The first-order chi connectivity index (χ1) is 13.5. The Hall–Kier alpha value is -2.12. The Labute approximate surface area is 168 Å². The second-order valence-corrected chi connectivity index (χ2v) is 7.35. The fourth-order valence-electron chi connectivity index (χ4n) is 3.59. The fraction of sp³-hybridized carbons (Fsp3) is 0.619. The monoisotopic (exact) mass is 390 g/mol. The lowest BCUT2D eigenvalue weighted by molar-refractivity contribution is -0.134. The van der Waals surface area contributed by atoms with Gasteiger partial charge in [0, 0.05) is 51.3 Å². The Morgan fingerprint density at radius 1 is 1.11 bits per heavy atom. The number of carbonyl (C=O) groups excluding carboxylic acids is 1. The Bertz CT molecular complexity index is 603. The van der Waals surface area contributed by atoms with E-state index in [1.54, 1.807) is 0 Å². The molecular formula is C21H34N4O3. The summed E-state index contributed by atoms with van der Waals surface area (Å²) in [6.07, 6.45) is 1.98. The normalized spacial score (nSPS) is 18.1. The average Bonchev–Trinajstić information content (AvgIpc) is 2.73. The summed E-state index contributed by atoms with van der Waals surface area (Å²) in [6.45, 7) is 11.3. The summed E-state index contributed by atoms with van der Waals surface area (Å²) < 4.78 is 0. The van der Waals surface area contributed by atoms with Crippen molar-refractivity contribution in [2.45, 2.75) is 33.2 Å². The van der Waals surface area contributed by atoms with Crippen molar-refractivity contribution < 1.29 is 14.7 Å². The zero-order valence-electron chi connectivity index (χ0n) is 17.1. The van der Waals surface area contributed by atoms with E-state index >= 15 is 0 Å². The van der Waals surface area contributed by atoms with Gasteiger partial charge < -0.3 is 25.5 Å². The van der Waals surface area contributed by atoms with Crippen molar-refractivity contribution in [2.75, 3.05) is 50.7 Å². The molecule has 156 valence electrons. The highest BCUT2D eigenvalue weighted by Crippen LogP contribution is 2.18. The summed E-state index contributed by atoms with van der Waals surface area (Å²) in [5.41, 5.74) is 2.45. The number of hydrogen-bond donors (Lipinski definition) is 3. The number of nitrogens with one attached hydrogen (secondary N) is 2. The third-order valence-electron chi connectivity index (χ3n) is 5.29. The van der Waals surface area contributed by atoms with Crippen molar-refractivity contribution >= 4 is 17.6 Å². The molecule has 2 fully saturated rings. The number of carbonyl (C=O) groups is 2. The third-order valence-corrected chi connectivity index (χ3v) is 5.29. The van der Waals surface area contributed by atoms with Crippen LogP contribution in [0.4, 0.5) is 5.69 Å². The maximum absolute atomic E-state index is 12.3. The van der Waals surface area contributed by atoms with Crippen LogP contribution in [-0.2, 0) is 16.1 Å². The molecule has 1 aromatic carbocycles. The number of nitrogens with zero attached hydrogens (tertiary/aromatic N) is 2. The highest BCUT2D eigenvalue weighted by molar-refractivity contribution is 5.78. The molecule has 2 aliphatic heterocycles. The van der Waals surface area contributed by atoms with Crippen molar-refractivity contribution in [3.8, 4) is 0 Å². The van der Waals surface area contributed by atoms with Gasteiger partial charge in [-0.05, 0) is 50.2 Å². The molecule has 7 nitrogen and oxygen atoms in total. The van der Waals surface area contributed by atoms with Gasteiger partial charge in [-0.3, -0.25) is 9.59 Å². The van der Waals surface area contributed by atoms with Crippen LogP contribution >= 0.6 is 0 Å². The first-order valence-electron chi connectivity index (χ1n) is 10.2. The summed E-state index contributed by atoms with van der Waals surface area (Å²) in [7, 11) is 0. The van der Waals surface area contributed by atoms with E-state index in [1.807, 2.05) is 0 Å². The highest BCUT2D eigenvalue weighted by atomic mass is 16.4. The largest absolute Gasteiger partial charge is 0.481 e. The minimum absolute atomic E-state index is 0.188. The van der Waals surface area contributed by atoms with Crippen LogP contribution in [0.25, 0.3) is 0 Å². The van der Waals surface area contributed by atoms with Crippen molar-refractivity contribution in [1.29, 1.82) is 0 Å². The molecule has 0 aliphatic carbocycles. The number of likely N-dealkylation sites (tertiary alicyclic amines) is 1. The number of benzene rings is 1. The molecule has 0 unspecified atom stereocenters.